The molecule has 208 valence electrons. The van der Waals surface area contributed by atoms with Crippen LogP contribution in [0, 0.1) is 0 Å². The summed E-state index contributed by atoms with van der Waals surface area (Å²) in [5, 5.41) is 14.7. The van der Waals surface area contributed by atoms with Crippen LogP contribution < -0.4 is 9.64 Å². The molecule has 0 spiro atoms. The van der Waals surface area contributed by atoms with Crippen molar-refractivity contribution in [2.24, 2.45) is 0 Å². The summed E-state index contributed by atoms with van der Waals surface area (Å²) in [5.74, 6) is 0.317. The third-order valence-electron chi connectivity index (χ3n) is 8.49. The molecule has 3 aliphatic heterocycles. The lowest BCUT2D eigenvalue weighted by Gasteiger charge is -2.49. The number of piperazine rings is 1. The average molecular weight is 540 g/mol. The normalized spacial score (nSPS) is 20.0. The van der Waals surface area contributed by atoms with E-state index in [4.69, 9.17) is 9.47 Å². The molecule has 1 aromatic heterocycles. The van der Waals surface area contributed by atoms with Crippen LogP contribution in [0.5, 0.6) is 5.75 Å². The van der Waals surface area contributed by atoms with E-state index < -0.39 is 12.1 Å². The number of hydrogen-bond acceptors (Lipinski definition) is 6. The summed E-state index contributed by atoms with van der Waals surface area (Å²) in [4.78, 5) is 20.3. The van der Waals surface area contributed by atoms with Crippen molar-refractivity contribution in [1.29, 1.82) is 0 Å². The van der Waals surface area contributed by atoms with E-state index in [1.54, 1.807) is 7.11 Å². The minimum Gasteiger partial charge on any atom is -0.497 e. The highest BCUT2D eigenvalue weighted by atomic mass is 16.5. The van der Waals surface area contributed by atoms with E-state index in [2.05, 4.69) is 69.4 Å². The molecule has 7 heteroatoms. The number of carbonyl (C=O) groups is 1. The molecule has 0 aliphatic carbocycles. The Morgan fingerprint density at radius 3 is 2.60 bits per heavy atom. The van der Waals surface area contributed by atoms with Gasteiger partial charge in [-0.3, -0.25) is 4.90 Å². The number of fused-ring (bicyclic) bond motifs is 6. The highest BCUT2D eigenvalue weighted by Gasteiger charge is 2.35. The first-order valence-corrected chi connectivity index (χ1v) is 14.1. The molecule has 2 bridgehead atoms. The molecule has 40 heavy (non-hydrogen) atoms. The minimum atomic E-state index is -0.459. The second-order valence-corrected chi connectivity index (χ2v) is 11.0. The predicted molar refractivity (Wildman–Crippen MR) is 159 cm³/mol. The maximum atomic E-state index is 12.1. The third kappa shape index (κ3) is 5.31. The fourth-order valence-corrected chi connectivity index (χ4v) is 6.35. The van der Waals surface area contributed by atoms with Crippen molar-refractivity contribution in [2.75, 3.05) is 38.8 Å². The van der Waals surface area contributed by atoms with Crippen LogP contribution in [-0.4, -0.2) is 73.0 Å². The lowest BCUT2D eigenvalue weighted by molar-refractivity contribution is 0.0595. The van der Waals surface area contributed by atoms with E-state index in [9.17, 15) is 9.90 Å². The molecule has 1 saturated heterocycles. The van der Waals surface area contributed by atoms with Crippen molar-refractivity contribution in [3.8, 4) is 5.75 Å². The van der Waals surface area contributed by atoms with Gasteiger partial charge in [-0.2, -0.15) is 0 Å². The SMILES string of the molecule is COC(=O)c1cc2c(CCC(O)CN3CC4CC=CCC3CN4c3ccc4ccccc4c3)cc(OC)cc2[nH]1. The highest BCUT2D eigenvalue weighted by molar-refractivity contribution is 5.96. The number of carbonyl (C=O) groups excluding carboxylic acids is 1. The van der Waals surface area contributed by atoms with Crippen LogP contribution in [0.25, 0.3) is 21.7 Å². The van der Waals surface area contributed by atoms with Crippen molar-refractivity contribution in [3.05, 3.63) is 84.1 Å². The number of aryl methyl sites for hydroxylation is 1. The summed E-state index contributed by atoms with van der Waals surface area (Å²) in [5.41, 5.74) is 3.56. The zero-order valence-corrected chi connectivity index (χ0v) is 23.2. The molecule has 3 aromatic carbocycles. The standard InChI is InChI=1S/C33H37N3O4/c1-39-29-16-24(30-18-32(33(38)40-2)34-31(30)17-29)12-14-28(37)21-35-19-27-10-6-5-9-26(35)20-36(27)25-13-11-22-7-3-4-8-23(22)15-25/h3-8,11,13,15-18,26-28,34,37H,9-10,12,14,19-21H2,1-2H3. The van der Waals surface area contributed by atoms with Crippen LogP contribution >= 0.6 is 0 Å². The fourth-order valence-electron chi connectivity index (χ4n) is 6.35. The number of nitrogens with zero attached hydrogens (tertiary/aromatic N) is 2. The summed E-state index contributed by atoms with van der Waals surface area (Å²) in [7, 11) is 3.01. The topological polar surface area (TPSA) is 78.0 Å². The second kappa shape index (κ2) is 11.4. The van der Waals surface area contributed by atoms with Gasteiger partial charge in [-0.1, -0.05) is 42.5 Å². The molecular formula is C33H37N3O4. The van der Waals surface area contributed by atoms with E-state index >= 15 is 0 Å². The van der Waals surface area contributed by atoms with E-state index in [1.165, 1.54) is 23.6 Å². The second-order valence-electron chi connectivity index (χ2n) is 11.0. The average Bonchev–Trinajstić information content (AvgIpc) is 3.40. The number of aliphatic hydroxyl groups excluding tert-OH is 1. The Kier molecular flexibility index (Phi) is 7.50. The Balaban J connectivity index is 1.15. The monoisotopic (exact) mass is 539 g/mol. The number of methoxy groups -OCH3 is 2. The molecule has 2 N–H and O–H groups in total. The molecule has 1 fully saturated rings. The first-order valence-electron chi connectivity index (χ1n) is 14.1. The summed E-state index contributed by atoms with van der Waals surface area (Å²) < 4.78 is 10.4. The van der Waals surface area contributed by atoms with Crippen LogP contribution in [0.1, 0.15) is 35.3 Å². The third-order valence-corrected chi connectivity index (χ3v) is 8.49. The van der Waals surface area contributed by atoms with Gasteiger partial charge in [0, 0.05) is 48.9 Å². The summed E-state index contributed by atoms with van der Waals surface area (Å²) >= 11 is 0. The van der Waals surface area contributed by atoms with Gasteiger partial charge in [0.05, 0.1) is 25.8 Å². The Bertz CT molecular complexity index is 1540. The van der Waals surface area contributed by atoms with E-state index in [0.29, 0.717) is 37.2 Å². The van der Waals surface area contributed by atoms with Crippen LogP contribution in [0.15, 0.2) is 72.8 Å². The van der Waals surface area contributed by atoms with Gasteiger partial charge in [0.15, 0.2) is 0 Å². The van der Waals surface area contributed by atoms with Gasteiger partial charge in [-0.25, -0.2) is 4.79 Å². The Labute approximate surface area is 235 Å². The van der Waals surface area contributed by atoms with Crippen LogP contribution in [0.3, 0.4) is 0 Å². The fraction of sp³-hybridized carbons (Fsp3) is 0.364. The Hall–Kier alpha value is -3.81. The van der Waals surface area contributed by atoms with Crippen molar-refractivity contribution in [1.82, 2.24) is 9.88 Å². The lowest BCUT2D eigenvalue weighted by Crippen LogP contribution is -2.60. The zero-order chi connectivity index (χ0) is 27.6. The van der Waals surface area contributed by atoms with Crippen LogP contribution in [-0.2, 0) is 11.2 Å². The van der Waals surface area contributed by atoms with Crippen molar-refractivity contribution in [2.45, 2.75) is 43.9 Å². The number of H-pyrrole nitrogens is 1. The maximum Gasteiger partial charge on any atom is 0.354 e. The highest BCUT2D eigenvalue weighted by Crippen LogP contribution is 2.32. The molecule has 4 heterocycles. The molecule has 0 amide bonds. The number of aromatic amines is 1. The van der Waals surface area contributed by atoms with Crippen molar-refractivity contribution in [3.63, 3.8) is 0 Å². The first-order chi connectivity index (χ1) is 19.5. The summed E-state index contributed by atoms with van der Waals surface area (Å²) in [6.07, 6.45) is 7.47. The number of aliphatic hydroxyl groups is 1. The quantitative estimate of drug-likeness (QED) is 0.233. The molecule has 0 radical (unpaired) electrons. The summed E-state index contributed by atoms with van der Waals surface area (Å²) in [6, 6.07) is 21.8. The largest absolute Gasteiger partial charge is 0.497 e. The van der Waals surface area contributed by atoms with Gasteiger partial charge < -0.3 is 24.5 Å². The predicted octanol–water partition coefficient (Wildman–Crippen LogP) is 5.32. The molecule has 3 unspecified atom stereocenters. The molecule has 0 saturated carbocycles. The van der Waals surface area contributed by atoms with Gasteiger partial charge in [0.1, 0.15) is 11.4 Å². The number of nitrogens with one attached hydrogen (secondary N) is 1. The molecular weight excluding hydrogens is 502 g/mol. The number of ether oxygens (including phenoxy) is 2. The molecule has 7 rings (SSSR count). The van der Waals surface area contributed by atoms with Gasteiger partial charge in [-0.15, -0.1) is 0 Å². The first kappa shape index (κ1) is 26.4. The molecule has 4 aromatic rings. The van der Waals surface area contributed by atoms with Crippen LogP contribution in [0.2, 0.25) is 0 Å². The maximum absolute atomic E-state index is 12.1. The van der Waals surface area contributed by atoms with Gasteiger partial charge in [0.25, 0.3) is 0 Å². The molecule has 3 aliphatic rings. The number of rotatable bonds is 8. The van der Waals surface area contributed by atoms with Crippen molar-refractivity contribution >= 4 is 33.3 Å². The number of benzene rings is 3. The Morgan fingerprint density at radius 1 is 1.00 bits per heavy atom. The van der Waals surface area contributed by atoms with Crippen LogP contribution in [0.4, 0.5) is 5.69 Å². The van der Waals surface area contributed by atoms with Gasteiger partial charge >= 0.3 is 5.97 Å². The smallest absolute Gasteiger partial charge is 0.354 e. The number of aromatic nitrogens is 1. The van der Waals surface area contributed by atoms with Crippen molar-refractivity contribution < 1.29 is 19.4 Å². The summed E-state index contributed by atoms with van der Waals surface area (Å²) in [6.45, 7) is 2.53. The van der Waals surface area contributed by atoms with E-state index in [1.807, 2.05) is 18.2 Å². The van der Waals surface area contributed by atoms with Gasteiger partial charge in [0.2, 0.25) is 0 Å². The van der Waals surface area contributed by atoms with Gasteiger partial charge in [-0.05, 0) is 66.3 Å². The zero-order valence-electron chi connectivity index (χ0n) is 23.2. The van der Waals surface area contributed by atoms with E-state index in [-0.39, 0.29) is 0 Å². The van der Waals surface area contributed by atoms with E-state index in [0.717, 1.165) is 48.1 Å². The number of esters is 1. The Morgan fingerprint density at radius 2 is 1.80 bits per heavy atom. The molecule has 7 nitrogen and oxygen atoms in total. The minimum absolute atomic E-state index is 0.352. The number of hydrogen-bond donors (Lipinski definition) is 2. The lowest BCUT2D eigenvalue weighted by atomic mass is 9.95. The number of anilines is 1. The molecule has 3 atom stereocenters.